The predicted octanol–water partition coefficient (Wildman–Crippen LogP) is 9.28. The van der Waals surface area contributed by atoms with Gasteiger partial charge in [-0.2, -0.15) is 0 Å². The lowest BCUT2D eigenvalue weighted by atomic mass is 9.96. The fourth-order valence-corrected chi connectivity index (χ4v) is 7.30. The third-order valence-electron chi connectivity index (χ3n) is 10.2. The smallest absolute Gasteiger partial charge is 0.306 e. The van der Waals surface area contributed by atoms with Crippen LogP contribution in [0.3, 0.4) is 0 Å². The highest BCUT2D eigenvalue weighted by Crippen LogP contribution is 2.38. The summed E-state index contributed by atoms with van der Waals surface area (Å²) < 4.78 is 39.7. The van der Waals surface area contributed by atoms with Crippen LogP contribution in [0.15, 0.2) is 36.0 Å². The number of phosphoric acid groups is 1. The molecule has 0 saturated carbocycles. The first-order valence-electron chi connectivity index (χ1n) is 21.8. The Kier molecular flexibility index (Phi) is 26.0. The normalized spacial score (nSPS) is 20.5. The Balaban J connectivity index is 1.74. The van der Waals surface area contributed by atoms with Crippen LogP contribution in [-0.2, 0) is 42.2 Å². The highest BCUT2D eigenvalue weighted by Gasteiger charge is 2.38. The van der Waals surface area contributed by atoms with Crippen molar-refractivity contribution in [3.05, 3.63) is 36.0 Å². The van der Waals surface area contributed by atoms with Crippen LogP contribution in [0, 0.1) is 5.92 Å². The Morgan fingerprint density at radius 3 is 2.07 bits per heavy atom. The van der Waals surface area contributed by atoms with Crippen molar-refractivity contribution in [3.63, 3.8) is 0 Å². The van der Waals surface area contributed by atoms with Crippen LogP contribution in [0.5, 0.6) is 0 Å². The number of quaternary nitrogens is 1. The first-order chi connectivity index (χ1) is 26.8. The Labute approximate surface area is 339 Å². The number of esters is 2. The van der Waals surface area contributed by atoms with Crippen LogP contribution in [0.4, 0.5) is 0 Å². The second-order valence-corrected chi connectivity index (χ2v) is 18.0. The largest absolute Gasteiger partial charge is 0.756 e. The molecule has 11 nitrogen and oxygen atoms in total. The van der Waals surface area contributed by atoms with E-state index in [1.807, 2.05) is 33.3 Å². The Morgan fingerprint density at radius 1 is 0.821 bits per heavy atom. The first kappa shape index (κ1) is 50.0. The molecule has 322 valence electrons. The van der Waals surface area contributed by atoms with Crippen LogP contribution in [0.1, 0.15) is 155 Å². The van der Waals surface area contributed by atoms with Crippen LogP contribution in [-0.4, -0.2) is 88.0 Å². The van der Waals surface area contributed by atoms with Crippen molar-refractivity contribution >= 4 is 25.5 Å². The number of likely N-dealkylation sites (N-methyl/N-ethyl adjacent to an activating group) is 1. The van der Waals surface area contributed by atoms with Crippen LogP contribution >= 0.6 is 7.82 Å². The third-order valence-corrected chi connectivity index (χ3v) is 11.1. The van der Waals surface area contributed by atoms with Gasteiger partial charge in [-0.3, -0.25) is 18.9 Å². The summed E-state index contributed by atoms with van der Waals surface area (Å²) in [7, 11) is 1.05. The molecule has 5 atom stereocenters. The molecule has 0 spiro atoms. The van der Waals surface area contributed by atoms with Crippen molar-refractivity contribution in [2.24, 2.45) is 5.92 Å². The summed E-state index contributed by atoms with van der Waals surface area (Å²) in [6.45, 7) is 3.96. The maximum absolute atomic E-state index is 12.8. The molecule has 56 heavy (non-hydrogen) atoms. The predicted molar refractivity (Wildman–Crippen MR) is 220 cm³/mol. The Morgan fingerprint density at radius 2 is 1.43 bits per heavy atom. The van der Waals surface area contributed by atoms with E-state index in [2.05, 4.69) is 26.0 Å². The number of nitrogens with zero attached hydrogens (tertiary/aromatic N) is 1. The van der Waals surface area contributed by atoms with E-state index in [9.17, 15) is 23.8 Å². The summed E-state index contributed by atoms with van der Waals surface area (Å²) in [5, 5.41) is 0. The molecule has 0 radical (unpaired) electrons. The number of carbonyl (C=O) groups excluding carboxylic acids is 3. The van der Waals surface area contributed by atoms with Gasteiger partial charge < -0.3 is 32.6 Å². The van der Waals surface area contributed by atoms with E-state index in [0.717, 1.165) is 37.7 Å². The van der Waals surface area contributed by atoms with E-state index in [1.165, 1.54) is 77.0 Å². The van der Waals surface area contributed by atoms with E-state index in [-0.39, 0.29) is 50.0 Å². The van der Waals surface area contributed by atoms with E-state index >= 15 is 0 Å². The van der Waals surface area contributed by atoms with Crippen molar-refractivity contribution in [1.82, 2.24) is 0 Å². The van der Waals surface area contributed by atoms with Gasteiger partial charge in [-0.1, -0.05) is 122 Å². The van der Waals surface area contributed by atoms with Crippen molar-refractivity contribution in [1.29, 1.82) is 0 Å². The second kappa shape index (κ2) is 29.1. The molecule has 12 heteroatoms. The molecule has 1 unspecified atom stereocenters. The lowest BCUT2D eigenvalue weighted by Gasteiger charge is -2.28. The SMILES string of the molecule is CCCCC/C=C\C[C@H]1C=CC(=O)/C1=C\[C@H]1O[C@@H]1CCCC(=O)O[C@H](COC(=O)CCCCCCCCCCCCCCC)COP(=O)([O-])OCC[N+](C)(C)C. The fraction of sp³-hybridized carbons (Fsp3) is 0.795. The molecule has 1 heterocycles. The van der Waals surface area contributed by atoms with E-state index in [1.54, 1.807) is 6.08 Å². The number of ketones is 1. The molecule has 0 aromatic rings. The van der Waals surface area contributed by atoms with Crippen molar-refractivity contribution in [2.45, 2.75) is 173 Å². The topological polar surface area (TPSA) is 141 Å². The average molecular weight is 810 g/mol. The Bertz CT molecular complexity index is 1260. The minimum Gasteiger partial charge on any atom is -0.756 e. The maximum atomic E-state index is 12.8. The van der Waals surface area contributed by atoms with Crippen molar-refractivity contribution in [3.8, 4) is 0 Å². The number of hydrogen-bond donors (Lipinski definition) is 0. The molecule has 0 aromatic carbocycles. The zero-order valence-electron chi connectivity index (χ0n) is 35.6. The quantitative estimate of drug-likeness (QED) is 0.0116. The number of allylic oxidation sites excluding steroid dienone is 5. The number of carbonyl (C=O) groups is 3. The number of unbranched alkanes of at least 4 members (excludes halogenated alkanes) is 15. The first-order valence-corrected chi connectivity index (χ1v) is 23.3. The highest BCUT2D eigenvalue weighted by atomic mass is 31.2. The Hall–Kier alpha value is -2.14. The summed E-state index contributed by atoms with van der Waals surface area (Å²) in [4.78, 5) is 50.3. The van der Waals surface area contributed by atoms with Crippen LogP contribution < -0.4 is 4.89 Å². The van der Waals surface area contributed by atoms with Crippen molar-refractivity contribution in [2.75, 3.05) is 47.5 Å². The van der Waals surface area contributed by atoms with Gasteiger partial charge in [-0.25, -0.2) is 0 Å². The zero-order valence-corrected chi connectivity index (χ0v) is 36.5. The van der Waals surface area contributed by atoms with Gasteiger partial charge in [0.15, 0.2) is 11.9 Å². The minimum absolute atomic E-state index is 0.0203. The molecule has 0 aromatic heterocycles. The third kappa shape index (κ3) is 25.3. The molecular weight excluding hydrogens is 733 g/mol. The monoisotopic (exact) mass is 810 g/mol. The number of ether oxygens (including phenoxy) is 3. The van der Waals surface area contributed by atoms with E-state index in [0.29, 0.717) is 30.3 Å². The standard InChI is InChI=1S/C44H76NO10P/c1-6-8-10-12-14-15-16-17-18-19-20-22-24-28-43(47)51-35-38(36-53-56(49,50)52-33-32-45(3,4)5)54-44(48)29-25-27-41-42(55-41)34-39-37(30-31-40(39)46)26-23-21-13-11-9-7-2/h21,23,30-31,34,37-38,41-42H,6-20,22,24-29,32-33,35-36H2,1-5H3/b23-21-,39-34-/t37-,38+,41+,42+/m0/s1. The molecule has 2 aliphatic rings. The summed E-state index contributed by atoms with van der Waals surface area (Å²) in [5.41, 5.74) is 0.763. The molecule has 1 aliphatic heterocycles. The minimum atomic E-state index is -4.68. The highest BCUT2D eigenvalue weighted by molar-refractivity contribution is 7.45. The van der Waals surface area contributed by atoms with Gasteiger partial charge in [0.1, 0.15) is 25.9 Å². The summed E-state index contributed by atoms with van der Waals surface area (Å²) in [6, 6.07) is 0. The number of epoxide rings is 1. The van der Waals surface area contributed by atoms with Crippen molar-refractivity contribution < 1.29 is 51.6 Å². The molecular formula is C44H76NO10P. The van der Waals surface area contributed by atoms with Gasteiger partial charge in [-0.15, -0.1) is 0 Å². The van der Waals surface area contributed by atoms with Gasteiger partial charge in [0.05, 0.1) is 33.9 Å². The summed E-state index contributed by atoms with van der Waals surface area (Å²) in [5.74, 6) is -0.910. The van der Waals surface area contributed by atoms with E-state index < -0.39 is 32.5 Å². The maximum Gasteiger partial charge on any atom is 0.306 e. The molecule has 0 bridgehead atoms. The molecule has 1 saturated heterocycles. The van der Waals surface area contributed by atoms with Gasteiger partial charge in [-0.05, 0) is 50.7 Å². The number of phosphoric ester groups is 1. The number of rotatable bonds is 35. The van der Waals surface area contributed by atoms with Crippen LogP contribution in [0.25, 0.3) is 0 Å². The fourth-order valence-electron chi connectivity index (χ4n) is 6.57. The van der Waals surface area contributed by atoms with E-state index in [4.69, 9.17) is 23.3 Å². The van der Waals surface area contributed by atoms with Gasteiger partial charge in [0.2, 0.25) is 0 Å². The summed E-state index contributed by atoms with van der Waals surface area (Å²) in [6.07, 6.45) is 30.9. The van der Waals surface area contributed by atoms with Gasteiger partial charge in [0, 0.05) is 24.3 Å². The lowest BCUT2D eigenvalue weighted by Crippen LogP contribution is -2.37. The lowest BCUT2D eigenvalue weighted by molar-refractivity contribution is -0.870. The molecule has 1 fully saturated rings. The second-order valence-electron chi connectivity index (χ2n) is 16.6. The molecule has 0 amide bonds. The van der Waals surface area contributed by atoms with Gasteiger partial charge in [0.25, 0.3) is 7.82 Å². The number of hydrogen-bond acceptors (Lipinski definition) is 10. The molecule has 2 rings (SSSR count). The van der Waals surface area contributed by atoms with Gasteiger partial charge >= 0.3 is 11.9 Å². The zero-order chi connectivity index (χ0) is 41.1. The molecule has 0 N–H and O–H groups in total. The van der Waals surface area contributed by atoms with Crippen LogP contribution in [0.2, 0.25) is 0 Å². The average Bonchev–Trinajstić information content (AvgIpc) is 3.80. The molecule has 1 aliphatic carbocycles. The summed E-state index contributed by atoms with van der Waals surface area (Å²) >= 11 is 0.